The third kappa shape index (κ3) is 7.76. The molecule has 1 amide bonds. The van der Waals surface area contributed by atoms with Gasteiger partial charge in [-0.1, -0.05) is 32.3 Å². The molecule has 6 heteroatoms. The van der Waals surface area contributed by atoms with E-state index in [0.29, 0.717) is 17.7 Å². The lowest BCUT2D eigenvalue weighted by Crippen LogP contribution is -2.38. The molecule has 0 radical (unpaired) electrons. The van der Waals surface area contributed by atoms with Gasteiger partial charge in [0.25, 0.3) is 0 Å². The number of alkyl carbamates (subject to hydrolysis) is 1. The molecular weight excluding hydrogens is 334 g/mol. The van der Waals surface area contributed by atoms with E-state index in [-0.39, 0.29) is 6.61 Å². The summed E-state index contributed by atoms with van der Waals surface area (Å²) >= 11 is 0. The number of esters is 1. The molecule has 6 nitrogen and oxygen atoms in total. The molecular formula is C20H31NO5. The number of nitrogens with one attached hydrogen (secondary N) is 1. The van der Waals surface area contributed by atoms with Crippen molar-refractivity contribution in [3.05, 3.63) is 29.8 Å². The standard InChI is InChI=1S/C20H31NO5/c1-7-8-14(2)13-25-16-11-9-15(10-12-16)17(18(22)24-6)21-19(23)26-20(3,4)5/h9-12,14,17H,7-8,13H2,1-6H3,(H,21,23)/t14-,17+/m0/s1/i2D3. The zero-order valence-corrected chi connectivity index (χ0v) is 16.1. The number of methoxy groups -OCH3 is 1. The molecule has 0 heterocycles. The maximum Gasteiger partial charge on any atom is 0.408 e. The molecule has 0 fully saturated rings. The molecule has 26 heavy (non-hydrogen) atoms. The molecule has 0 saturated heterocycles. The van der Waals surface area contributed by atoms with Gasteiger partial charge in [-0.2, -0.15) is 0 Å². The van der Waals surface area contributed by atoms with E-state index in [1.165, 1.54) is 7.11 Å². The third-order valence-corrected chi connectivity index (χ3v) is 3.40. The van der Waals surface area contributed by atoms with Gasteiger partial charge >= 0.3 is 12.1 Å². The molecule has 2 atom stereocenters. The van der Waals surface area contributed by atoms with Crippen LogP contribution in [0.25, 0.3) is 0 Å². The average molecular weight is 368 g/mol. The maximum atomic E-state index is 12.1. The summed E-state index contributed by atoms with van der Waals surface area (Å²) in [6.07, 6.45) is 0.551. The summed E-state index contributed by atoms with van der Waals surface area (Å²) in [7, 11) is 1.23. The monoisotopic (exact) mass is 368 g/mol. The van der Waals surface area contributed by atoms with E-state index < -0.39 is 36.5 Å². The average Bonchev–Trinajstić information content (AvgIpc) is 2.60. The molecule has 0 unspecified atom stereocenters. The van der Waals surface area contributed by atoms with Crippen molar-refractivity contribution >= 4 is 12.1 Å². The van der Waals surface area contributed by atoms with Gasteiger partial charge in [-0.15, -0.1) is 0 Å². The van der Waals surface area contributed by atoms with Crippen LogP contribution >= 0.6 is 0 Å². The summed E-state index contributed by atoms with van der Waals surface area (Å²) in [5.74, 6) is -0.723. The Morgan fingerprint density at radius 1 is 1.23 bits per heavy atom. The van der Waals surface area contributed by atoms with Gasteiger partial charge in [0.2, 0.25) is 0 Å². The third-order valence-electron chi connectivity index (χ3n) is 3.40. The Labute approximate surface area is 160 Å². The first-order valence-corrected chi connectivity index (χ1v) is 8.67. The molecule has 0 aliphatic heterocycles. The number of amides is 1. The summed E-state index contributed by atoms with van der Waals surface area (Å²) in [6, 6.07) is 5.41. The minimum absolute atomic E-state index is 0.0697. The summed E-state index contributed by atoms with van der Waals surface area (Å²) in [6.45, 7) is 5.08. The largest absolute Gasteiger partial charge is 0.493 e. The molecule has 1 rings (SSSR count). The quantitative estimate of drug-likeness (QED) is 0.695. The summed E-state index contributed by atoms with van der Waals surface area (Å²) < 4.78 is 38.4. The van der Waals surface area contributed by atoms with E-state index in [4.69, 9.17) is 18.3 Å². The molecule has 0 aliphatic carbocycles. The van der Waals surface area contributed by atoms with Gasteiger partial charge in [-0.25, -0.2) is 9.59 Å². The van der Waals surface area contributed by atoms with Gasteiger partial charge in [-0.3, -0.25) is 0 Å². The second-order valence-electron chi connectivity index (χ2n) is 6.97. The van der Waals surface area contributed by atoms with Crippen LogP contribution in [0.1, 0.15) is 63.1 Å². The molecule has 0 aliphatic rings. The number of hydrogen-bond acceptors (Lipinski definition) is 5. The van der Waals surface area contributed by atoms with Crippen LogP contribution in [0.15, 0.2) is 24.3 Å². The van der Waals surface area contributed by atoms with E-state index in [9.17, 15) is 9.59 Å². The van der Waals surface area contributed by atoms with Gasteiger partial charge in [-0.05, 0) is 50.8 Å². The van der Waals surface area contributed by atoms with Crippen LogP contribution in [0.2, 0.25) is 0 Å². The Balaban J connectivity index is 2.86. The van der Waals surface area contributed by atoms with Crippen molar-refractivity contribution in [2.45, 2.75) is 59.0 Å². The molecule has 1 N–H and O–H groups in total. The lowest BCUT2D eigenvalue weighted by Gasteiger charge is -2.23. The first-order chi connectivity index (χ1) is 13.4. The fourth-order valence-corrected chi connectivity index (χ4v) is 2.21. The van der Waals surface area contributed by atoms with Crippen molar-refractivity contribution in [3.63, 3.8) is 0 Å². The highest BCUT2D eigenvalue weighted by atomic mass is 16.6. The normalized spacial score (nSPS) is 15.7. The van der Waals surface area contributed by atoms with Gasteiger partial charge in [0.05, 0.1) is 13.7 Å². The van der Waals surface area contributed by atoms with Gasteiger partial charge in [0.1, 0.15) is 11.4 Å². The zero-order chi connectivity index (χ0) is 22.2. The van der Waals surface area contributed by atoms with Crippen LogP contribution in [0, 0.1) is 5.92 Å². The fraction of sp³-hybridized carbons (Fsp3) is 0.600. The Bertz CT molecular complexity index is 668. The van der Waals surface area contributed by atoms with Crippen LogP contribution in [0.4, 0.5) is 4.79 Å². The number of ether oxygens (including phenoxy) is 3. The van der Waals surface area contributed by atoms with E-state index in [2.05, 4.69) is 5.32 Å². The Kier molecular flexibility index (Phi) is 6.64. The van der Waals surface area contributed by atoms with Gasteiger partial charge < -0.3 is 19.5 Å². The first kappa shape index (κ1) is 17.2. The molecule has 0 spiro atoms. The lowest BCUT2D eigenvalue weighted by atomic mass is 10.1. The van der Waals surface area contributed by atoms with E-state index in [1.807, 2.05) is 6.92 Å². The van der Waals surface area contributed by atoms with Crippen molar-refractivity contribution in [1.29, 1.82) is 0 Å². The number of carbonyl (C=O) groups is 2. The van der Waals surface area contributed by atoms with Crippen LogP contribution in [-0.2, 0) is 14.3 Å². The second-order valence-corrected chi connectivity index (χ2v) is 6.97. The summed E-state index contributed by atoms with van der Waals surface area (Å²) in [5.41, 5.74) is -0.226. The van der Waals surface area contributed by atoms with Crippen LogP contribution < -0.4 is 10.1 Å². The highest BCUT2D eigenvalue weighted by Gasteiger charge is 2.26. The van der Waals surface area contributed by atoms with E-state index in [1.54, 1.807) is 45.0 Å². The first-order valence-electron chi connectivity index (χ1n) is 10.2. The van der Waals surface area contributed by atoms with Crippen molar-refractivity contribution < 1.29 is 27.9 Å². The molecule has 0 saturated carbocycles. The van der Waals surface area contributed by atoms with Crippen molar-refractivity contribution in [2.75, 3.05) is 13.7 Å². The fourth-order valence-electron chi connectivity index (χ4n) is 2.21. The van der Waals surface area contributed by atoms with E-state index >= 15 is 0 Å². The second kappa shape index (κ2) is 10.0. The number of hydrogen-bond donors (Lipinski definition) is 1. The van der Waals surface area contributed by atoms with Gasteiger partial charge in [0.15, 0.2) is 6.04 Å². The maximum absolute atomic E-state index is 12.1. The lowest BCUT2D eigenvalue weighted by molar-refractivity contribution is -0.143. The minimum atomic E-state index is -2.08. The van der Waals surface area contributed by atoms with Crippen LogP contribution in [-0.4, -0.2) is 31.4 Å². The summed E-state index contributed by atoms with van der Waals surface area (Å²) in [4.78, 5) is 24.2. The number of rotatable bonds is 8. The molecule has 1 aromatic carbocycles. The van der Waals surface area contributed by atoms with Crippen LogP contribution in [0.5, 0.6) is 5.75 Å². The number of benzene rings is 1. The molecule has 146 valence electrons. The number of carbonyl (C=O) groups excluding carboxylic acids is 2. The molecule has 0 bridgehead atoms. The Morgan fingerprint density at radius 3 is 2.38 bits per heavy atom. The summed E-state index contributed by atoms with van der Waals surface area (Å²) in [5, 5.41) is 2.50. The Morgan fingerprint density at radius 2 is 1.88 bits per heavy atom. The SMILES string of the molecule is [2H]C([2H])([2H])[C@@H](CCC)COc1ccc([C@@H](NC(=O)OC(C)(C)C)C(=O)OC)cc1. The van der Waals surface area contributed by atoms with Crippen molar-refractivity contribution in [3.8, 4) is 5.75 Å². The Hall–Kier alpha value is -2.24. The minimum Gasteiger partial charge on any atom is -0.493 e. The molecule has 1 aromatic rings. The predicted molar refractivity (Wildman–Crippen MR) is 100 cm³/mol. The smallest absolute Gasteiger partial charge is 0.408 e. The highest BCUT2D eigenvalue weighted by molar-refractivity contribution is 5.82. The zero-order valence-electron chi connectivity index (χ0n) is 19.1. The molecule has 0 aromatic heterocycles. The topological polar surface area (TPSA) is 73.9 Å². The highest BCUT2D eigenvalue weighted by Crippen LogP contribution is 2.21. The van der Waals surface area contributed by atoms with Crippen molar-refractivity contribution in [1.82, 2.24) is 5.32 Å². The predicted octanol–water partition coefficient (Wildman–Crippen LogP) is 4.24. The van der Waals surface area contributed by atoms with E-state index in [0.717, 1.165) is 6.42 Å². The van der Waals surface area contributed by atoms with Crippen LogP contribution in [0.3, 0.4) is 0 Å². The van der Waals surface area contributed by atoms with Crippen molar-refractivity contribution in [2.24, 2.45) is 5.92 Å². The van der Waals surface area contributed by atoms with Gasteiger partial charge in [0, 0.05) is 4.11 Å².